The fourth-order valence-electron chi connectivity index (χ4n) is 0.400. The predicted molar refractivity (Wildman–Crippen MR) is 73.6 cm³/mol. The van der Waals surface area contributed by atoms with Gasteiger partial charge in [-0.15, -0.1) is 0 Å². The first-order valence-electron chi connectivity index (χ1n) is 5.75. The topological polar surface area (TPSA) is 58.5 Å². The molecule has 0 saturated heterocycles. The lowest BCUT2D eigenvalue weighted by Gasteiger charge is -2.34. The molecule has 0 amide bonds. The summed E-state index contributed by atoms with van der Waals surface area (Å²) in [6, 6.07) is 0. The standard InChI is InChI=1S/2C6H16N2/c1-7(2)5-6-8(3)4;1-5(2,7)6(3,4)8/h5-6H2,1-4H3;7-8H2,1-4H3. The van der Waals surface area contributed by atoms with Gasteiger partial charge in [0.2, 0.25) is 0 Å². The first-order chi connectivity index (χ1) is 6.88. The normalized spacial score (nSPS) is 12.8. The summed E-state index contributed by atoms with van der Waals surface area (Å²) in [5.41, 5.74) is 10.8. The Morgan fingerprint density at radius 1 is 0.688 bits per heavy atom. The number of rotatable bonds is 4. The van der Waals surface area contributed by atoms with Gasteiger partial charge in [-0.2, -0.15) is 0 Å². The van der Waals surface area contributed by atoms with Crippen molar-refractivity contribution in [3.63, 3.8) is 0 Å². The van der Waals surface area contributed by atoms with Gasteiger partial charge in [-0.25, -0.2) is 0 Å². The summed E-state index contributed by atoms with van der Waals surface area (Å²) in [6.07, 6.45) is 0. The molecule has 0 heterocycles. The summed E-state index contributed by atoms with van der Waals surface area (Å²) in [6.45, 7) is 9.99. The molecule has 0 aliphatic heterocycles. The van der Waals surface area contributed by atoms with Gasteiger partial charge in [-0.1, -0.05) is 0 Å². The second-order valence-corrected chi connectivity index (χ2v) is 6.05. The van der Waals surface area contributed by atoms with E-state index in [1.165, 1.54) is 0 Å². The van der Waals surface area contributed by atoms with E-state index in [1.54, 1.807) is 0 Å². The summed E-state index contributed by atoms with van der Waals surface area (Å²) < 4.78 is 0. The Bertz CT molecular complexity index is 143. The first-order valence-corrected chi connectivity index (χ1v) is 5.75. The summed E-state index contributed by atoms with van der Waals surface area (Å²) in [7, 11) is 8.35. The van der Waals surface area contributed by atoms with Crippen LogP contribution < -0.4 is 11.5 Å². The van der Waals surface area contributed by atoms with Crippen LogP contribution >= 0.6 is 0 Å². The smallest absolute Gasteiger partial charge is 0.0274 e. The van der Waals surface area contributed by atoms with Crippen LogP contribution in [0.4, 0.5) is 0 Å². The van der Waals surface area contributed by atoms with Gasteiger partial charge in [0, 0.05) is 24.2 Å². The molecule has 0 spiro atoms. The maximum absolute atomic E-state index is 5.69. The molecule has 0 rings (SSSR count). The minimum absolute atomic E-state index is 0.285. The Balaban J connectivity index is 0. The second kappa shape index (κ2) is 7.22. The highest BCUT2D eigenvalue weighted by atomic mass is 15.1. The van der Waals surface area contributed by atoms with Crippen molar-refractivity contribution in [2.45, 2.75) is 38.8 Å². The molecule has 0 aromatic rings. The molecule has 16 heavy (non-hydrogen) atoms. The fourth-order valence-corrected chi connectivity index (χ4v) is 0.400. The minimum atomic E-state index is -0.285. The van der Waals surface area contributed by atoms with Gasteiger partial charge >= 0.3 is 0 Å². The van der Waals surface area contributed by atoms with E-state index in [1.807, 2.05) is 27.7 Å². The van der Waals surface area contributed by atoms with E-state index in [0.717, 1.165) is 13.1 Å². The lowest BCUT2D eigenvalue weighted by molar-refractivity contribution is 0.309. The third kappa shape index (κ3) is 11.9. The zero-order valence-electron chi connectivity index (χ0n) is 12.5. The van der Waals surface area contributed by atoms with Crippen molar-refractivity contribution in [1.82, 2.24) is 9.80 Å². The van der Waals surface area contributed by atoms with Crippen molar-refractivity contribution >= 4 is 0 Å². The maximum Gasteiger partial charge on any atom is 0.0274 e. The van der Waals surface area contributed by atoms with Gasteiger partial charge in [0.1, 0.15) is 0 Å². The van der Waals surface area contributed by atoms with E-state index in [4.69, 9.17) is 11.5 Å². The molecule has 0 bridgehead atoms. The number of hydrogen-bond acceptors (Lipinski definition) is 4. The highest BCUT2D eigenvalue weighted by Crippen LogP contribution is 2.13. The lowest BCUT2D eigenvalue weighted by atomic mass is 9.85. The molecule has 100 valence electrons. The van der Waals surface area contributed by atoms with Crippen LogP contribution in [0, 0.1) is 0 Å². The molecule has 0 aliphatic carbocycles. The highest BCUT2D eigenvalue weighted by molar-refractivity contribution is 4.93. The zero-order chi connectivity index (χ0) is 13.6. The van der Waals surface area contributed by atoms with Gasteiger partial charge in [-0.3, -0.25) is 0 Å². The lowest BCUT2D eigenvalue weighted by Crippen LogP contribution is -2.58. The van der Waals surface area contributed by atoms with Gasteiger partial charge < -0.3 is 21.3 Å². The third-order valence-corrected chi connectivity index (χ3v) is 2.66. The Labute approximate surface area is 102 Å². The first kappa shape index (κ1) is 18.2. The van der Waals surface area contributed by atoms with Crippen molar-refractivity contribution in [2.75, 3.05) is 41.3 Å². The van der Waals surface area contributed by atoms with E-state index in [9.17, 15) is 0 Å². The van der Waals surface area contributed by atoms with Crippen molar-refractivity contribution in [1.29, 1.82) is 0 Å². The summed E-state index contributed by atoms with van der Waals surface area (Å²) in [5, 5.41) is 0. The molecule has 4 heteroatoms. The van der Waals surface area contributed by atoms with Crippen LogP contribution in [0.25, 0.3) is 0 Å². The maximum atomic E-state index is 5.69. The van der Waals surface area contributed by atoms with E-state index in [2.05, 4.69) is 38.0 Å². The summed E-state index contributed by atoms with van der Waals surface area (Å²) in [5.74, 6) is 0. The summed E-state index contributed by atoms with van der Waals surface area (Å²) in [4.78, 5) is 4.36. The van der Waals surface area contributed by atoms with Gasteiger partial charge in [0.25, 0.3) is 0 Å². The molecule has 0 radical (unpaired) electrons. The highest BCUT2D eigenvalue weighted by Gasteiger charge is 2.28. The van der Waals surface area contributed by atoms with Gasteiger partial charge in [-0.05, 0) is 55.9 Å². The van der Waals surface area contributed by atoms with Crippen LogP contribution in [0.2, 0.25) is 0 Å². The Hall–Kier alpha value is -0.160. The van der Waals surface area contributed by atoms with Gasteiger partial charge in [0.05, 0.1) is 0 Å². The molecular formula is C12H32N4. The Morgan fingerprint density at radius 2 is 0.875 bits per heavy atom. The minimum Gasteiger partial charge on any atom is -0.324 e. The number of likely N-dealkylation sites (N-methyl/N-ethyl adjacent to an activating group) is 2. The summed E-state index contributed by atoms with van der Waals surface area (Å²) >= 11 is 0. The zero-order valence-corrected chi connectivity index (χ0v) is 12.5. The molecule has 0 unspecified atom stereocenters. The molecule has 0 aromatic heterocycles. The van der Waals surface area contributed by atoms with Crippen LogP contribution in [0.1, 0.15) is 27.7 Å². The molecule has 0 atom stereocenters. The van der Waals surface area contributed by atoms with Gasteiger partial charge in [0.15, 0.2) is 0 Å². The van der Waals surface area contributed by atoms with Crippen LogP contribution in [0.3, 0.4) is 0 Å². The van der Waals surface area contributed by atoms with Crippen LogP contribution in [-0.4, -0.2) is 62.2 Å². The SMILES string of the molecule is CC(C)(N)C(C)(C)N.CN(C)CCN(C)C. The molecule has 0 fully saturated rings. The predicted octanol–water partition coefficient (Wildman–Crippen LogP) is 0.571. The Morgan fingerprint density at radius 3 is 0.938 bits per heavy atom. The second-order valence-electron chi connectivity index (χ2n) is 6.05. The Kier molecular flexibility index (Phi) is 8.22. The quantitative estimate of drug-likeness (QED) is 0.744. The van der Waals surface area contributed by atoms with Crippen molar-refractivity contribution < 1.29 is 0 Å². The van der Waals surface area contributed by atoms with E-state index in [0.29, 0.717) is 0 Å². The van der Waals surface area contributed by atoms with Crippen LogP contribution in [-0.2, 0) is 0 Å². The molecular weight excluding hydrogens is 200 g/mol. The molecule has 4 N–H and O–H groups in total. The average molecular weight is 232 g/mol. The molecule has 4 nitrogen and oxygen atoms in total. The monoisotopic (exact) mass is 232 g/mol. The van der Waals surface area contributed by atoms with Crippen LogP contribution in [0.5, 0.6) is 0 Å². The number of nitrogens with zero attached hydrogens (tertiary/aromatic N) is 2. The van der Waals surface area contributed by atoms with E-state index < -0.39 is 0 Å². The molecule has 0 aromatic carbocycles. The van der Waals surface area contributed by atoms with E-state index in [-0.39, 0.29) is 11.1 Å². The fraction of sp³-hybridized carbons (Fsp3) is 1.00. The number of nitrogens with two attached hydrogens (primary N) is 2. The largest absolute Gasteiger partial charge is 0.324 e. The van der Waals surface area contributed by atoms with E-state index >= 15 is 0 Å². The van der Waals surface area contributed by atoms with Crippen molar-refractivity contribution in [2.24, 2.45) is 11.5 Å². The number of hydrogen-bond donors (Lipinski definition) is 2. The molecule has 0 saturated carbocycles. The van der Waals surface area contributed by atoms with Crippen molar-refractivity contribution in [3.05, 3.63) is 0 Å². The van der Waals surface area contributed by atoms with Crippen molar-refractivity contribution in [3.8, 4) is 0 Å². The van der Waals surface area contributed by atoms with Crippen LogP contribution in [0.15, 0.2) is 0 Å². The average Bonchev–Trinajstić information content (AvgIpc) is 1.98. The third-order valence-electron chi connectivity index (χ3n) is 2.66. The molecule has 0 aliphatic rings.